The van der Waals surface area contributed by atoms with Crippen molar-refractivity contribution in [3.8, 4) is 5.75 Å². The Morgan fingerprint density at radius 3 is 2.80 bits per heavy atom. The van der Waals surface area contributed by atoms with Crippen LogP contribution in [0, 0.1) is 5.92 Å². The smallest absolute Gasteiger partial charge is 0.272 e. The molecule has 1 aliphatic rings. The quantitative estimate of drug-likeness (QED) is 0.766. The molecular formula is C19H17N3O3. The van der Waals surface area contributed by atoms with Crippen LogP contribution in [0.15, 0.2) is 53.3 Å². The van der Waals surface area contributed by atoms with Gasteiger partial charge in [-0.3, -0.25) is 9.59 Å². The summed E-state index contributed by atoms with van der Waals surface area (Å²) in [5.74, 6) is 0.817. The van der Waals surface area contributed by atoms with E-state index in [1.807, 2.05) is 24.3 Å². The SMILES string of the molecule is O=C(NC[C@@H]1COc2ccccc2C1)c1n[nH]c(=O)c2ccccc12. The maximum absolute atomic E-state index is 12.5. The van der Waals surface area contributed by atoms with Crippen molar-refractivity contribution in [2.24, 2.45) is 5.92 Å². The van der Waals surface area contributed by atoms with E-state index >= 15 is 0 Å². The first-order valence-corrected chi connectivity index (χ1v) is 8.18. The molecule has 0 bridgehead atoms. The van der Waals surface area contributed by atoms with Gasteiger partial charge in [0.05, 0.1) is 12.0 Å². The minimum Gasteiger partial charge on any atom is -0.493 e. The molecule has 3 aromatic rings. The van der Waals surface area contributed by atoms with Crippen LogP contribution in [-0.2, 0) is 6.42 Å². The zero-order valence-electron chi connectivity index (χ0n) is 13.5. The van der Waals surface area contributed by atoms with Gasteiger partial charge in [-0.05, 0) is 24.1 Å². The topological polar surface area (TPSA) is 84.1 Å². The molecule has 0 spiro atoms. The van der Waals surface area contributed by atoms with Crippen molar-refractivity contribution < 1.29 is 9.53 Å². The van der Waals surface area contributed by atoms with Gasteiger partial charge in [-0.15, -0.1) is 0 Å². The number of amides is 1. The predicted molar refractivity (Wildman–Crippen MR) is 93.8 cm³/mol. The Morgan fingerprint density at radius 1 is 1.16 bits per heavy atom. The molecule has 4 rings (SSSR count). The summed E-state index contributed by atoms with van der Waals surface area (Å²) in [7, 11) is 0. The number of hydrogen-bond donors (Lipinski definition) is 2. The van der Waals surface area contributed by atoms with E-state index in [0.29, 0.717) is 23.9 Å². The summed E-state index contributed by atoms with van der Waals surface area (Å²) in [5.41, 5.74) is 1.08. The molecule has 1 aromatic heterocycles. The average molecular weight is 335 g/mol. The van der Waals surface area contributed by atoms with Crippen LogP contribution in [0.25, 0.3) is 10.8 Å². The van der Waals surface area contributed by atoms with Crippen molar-refractivity contribution in [1.29, 1.82) is 0 Å². The third kappa shape index (κ3) is 2.98. The summed E-state index contributed by atoms with van der Waals surface area (Å²) in [6, 6.07) is 14.9. The molecule has 2 heterocycles. The molecule has 0 saturated heterocycles. The second-order valence-corrected chi connectivity index (χ2v) is 6.15. The number of nitrogens with one attached hydrogen (secondary N) is 2. The minimum absolute atomic E-state index is 0.202. The van der Waals surface area contributed by atoms with Gasteiger partial charge in [-0.25, -0.2) is 5.10 Å². The fourth-order valence-corrected chi connectivity index (χ4v) is 3.13. The van der Waals surface area contributed by atoms with E-state index in [9.17, 15) is 9.59 Å². The van der Waals surface area contributed by atoms with Crippen LogP contribution in [0.3, 0.4) is 0 Å². The highest BCUT2D eigenvalue weighted by Crippen LogP contribution is 2.26. The van der Waals surface area contributed by atoms with Gasteiger partial charge in [0.15, 0.2) is 5.69 Å². The van der Waals surface area contributed by atoms with E-state index in [1.165, 1.54) is 0 Å². The van der Waals surface area contributed by atoms with E-state index in [-0.39, 0.29) is 23.1 Å². The van der Waals surface area contributed by atoms with Gasteiger partial charge in [0.1, 0.15) is 5.75 Å². The van der Waals surface area contributed by atoms with E-state index in [2.05, 4.69) is 15.5 Å². The van der Waals surface area contributed by atoms with Gasteiger partial charge in [-0.2, -0.15) is 5.10 Å². The number of nitrogens with zero attached hydrogens (tertiary/aromatic N) is 1. The third-order valence-corrected chi connectivity index (χ3v) is 4.42. The number of aromatic nitrogens is 2. The fraction of sp³-hybridized carbons (Fsp3) is 0.211. The lowest BCUT2D eigenvalue weighted by molar-refractivity contribution is 0.0935. The molecule has 0 saturated carbocycles. The Labute approximate surface area is 143 Å². The van der Waals surface area contributed by atoms with Crippen molar-refractivity contribution in [3.05, 3.63) is 70.1 Å². The predicted octanol–water partition coefficient (Wildman–Crippen LogP) is 1.90. The lowest BCUT2D eigenvalue weighted by Gasteiger charge is -2.25. The van der Waals surface area contributed by atoms with Gasteiger partial charge in [0.25, 0.3) is 11.5 Å². The van der Waals surface area contributed by atoms with Crippen LogP contribution < -0.4 is 15.6 Å². The molecule has 2 aromatic carbocycles. The summed E-state index contributed by atoms with van der Waals surface area (Å²) < 4.78 is 5.75. The lowest BCUT2D eigenvalue weighted by atomic mass is 9.96. The van der Waals surface area contributed by atoms with Crippen LogP contribution >= 0.6 is 0 Å². The first-order chi connectivity index (χ1) is 12.2. The molecule has 1 amide bonds. The molecule has 0 fully saturated rings. The summed E-state index contributed by atoms with van der Waals surface area (Å²) >= 11 is 0. The molecule has 126 valence electrons. The molecule has 25 heavy (non-hydrogen) atoms. The number of H-pyrrole nitrogens is 1. The summed E-state index contributed by atoms with van der Waals surface area (Å²) in [6.45, 7) is 1.05. The highest BCUT2D eigenvalue weighted by Gasteiger charge is 2.21. The normalized spacial score (nSPS) is 16.1. The van der Waals surface area contributed by atoms with Gasteiger partial charge in [0.2, 0.25) is 0 Å². The van der Waals surface area contributed by atoms with Crippen molar-refractivity contribution in [3.63, 3.8) is 0 Å². The van der Waals surface area contributed by atoms with Crippen LogP contribution in [-0.4, -0.2) is 29.3 Å². The second kappa shape index (κ2) is 6.39. The van der Waals surface area contributed by atoms with Crippen molar-refractivity contribution in [2.75, 3.05) is 13.2 Å². The largest absolute Gasteiger partial charge is 0.493 e. The maximum Gasteiger partial charge on any atom is 0.272 e. The number of aromatic amines is 1. The Balaban J connectivity index is 1.49. The molecule has 6 heteroatoms. The van der Waals surface area contributed by atoms with Crippen LogP contribution in [0.2, 0.25) is 0 Å². The number of para-hydroxylation sites is 1. The number of carbonyl (C=O) groups excluding carboxylic acids is 1. The molecule has 2 N–H and O–H groups in total. The van der Waals surface area contributed by atoms with Gasteiger partial charge in [0, 0.05) is 17.8 Å². The average Bonchev–Trinajstić information content (AvgIpc) is 2.66. The van der Waals surface area contributed by atoms with Gasteiger partial charge >= 0.3 is 0 Å². The van der Waals surface area contributed by atoms with E-state index in [1.54, 1.807) is 24.3 Å². The Kier molecular flexibility index (Phi) is 3.93. The molecule has 1 atom stereocenters. The fourth-order valence-electron chi connectivity index (χ4n) is 3.13. The standard InChI is InChI=1S/C19H17N3O3/c23-18-15-7-3-2-6-14(15)17(21-22-18)19(24)20-10-12-9-13-5-1-4-8-16(13)25-11-12/h1-8,12H,9-11H2,(H,20,24)(H,22,23)/t12-/m1/s1. The summed E-state index contributed by atoms with van der Waals surface area (Å²) in [5, 5.41) is 10.2. The van der Waals surface area contributed by atoms with Crippen LogP contribution in [0.5, 0.6) is 5.75 Å². The van der Waals surface area contributed by atoms with Crippen LogP contribution in [0.1, 0.15) is 16.1 Å². The molecule has 0 aliphatic carbocycles. The van der Waals surface area contributed by atoms with E-state index in [0.717, 1.165) is 17.7 Å². The van der Waals surface area contributed by atoms with Gasteiger partial charge < -0.3 is 10.1 Å². The number of hydrogen-bond acceptors (Lipinski definition) is 4. The number of ether oxygens (including phenoxy) is 1. The number of benzene rings is 2. The minimum atomic E-state index is -0.301. The number of carbonyl (C=O) groups is 1. The zero-order chi connectivity index (χ0) is 17.2. The van der Waals surface area contributed by atoms with Crippen LogP contribution in [0.4, 0.5) is 0 Å². The van der Waals surface area contributed by atoms with Crippen molar-refractivity contribution in [2.45, 2.75) is 6.42 Å². The Morgan fingerprint density at radius 2 is 1.92 bits per heavy atom. The third-order valence-electron chi connectivity index (χ3n) is 4.42. The number of fused-ring (bicyclic) bond motifs is 2. The monoisotopic (exact) mass is 335 g/mol. The highest BCUT2D eigenvalue weighted by atomic mass is 16.5. The molecule has 1 aliphatic heterocycles. The Hall–Kier alpha value is -3.15. The summed E-state index contributed by atoms with van der Waals surface area (Å²) in [6.07, 6.45) is 0.857. The molecule has 0 radical (unpaired) electrons. The highest BCUT2D eigenvalue weighted by molar-refractivity contribution is 6.04. The maximum atomic E-state index is 12.5. The number of rotatable bonds is 3. The first-order valence-electron chi connectivity index (χ1n) is 8.18. The zero-order valence-corrected chi connectivity index (χ0v) is 13.5. The molecular weight excluding hydrogens is 318 g/mol. The molecule has 6 nitrogen and oxygen atoms in total. The van der Waals surface area contributed by atoms with E-state index in [4.69, 9.17) is 4.74 Å². The first kappa shape index (κ1) is 15.4. The second-order valence-electron chi connectivity index (χ2n) is 6.15. The van der Waals surface area contributed by atoms with Gasteiger partial charge in [-0.1, -0.05) is 36.4 Å². The van der Waals surface area contributed by atoms with Crippen molar-refractivity contribution >= 4 is 16.7 Å². The van der Waals surface area contributed by atoms with Crippen molar-refractivity contribution in [1.82, 2.24) is 15.5 Å². The van der Waals surface area contributed by atoms with E-state index < -0.39 is 0 Å². The Bertz CT molecular complexity index is 996. The lowest BCUT2D eigenvalue weighted by Crippen LogP contribution is -2.35. The molecule has 0 unspecified atom stereocenters. The summed E-state index contributed by atoms with van der Waals surface area (Å²) in [4.78, 5) is 24.3.